The first-order valence-electron chi connectivity index (χ1n) is 9.07. The van der Waals surface area contributed by atoms with E-state index in [0.717, 1.165) is 24.4 Å². The lowest BCUT2D eigenvalue weighted by atomic mass is 9.76. The van der Waals surface area contributed by atoms with Crippen molar-refractivity contribution in [2.75, 3.05) is 40.8 Å². The highest BCUT2D eigenvalue weighted by Crippen LogP contribution is 2.33. The monoisotopic (exact) mass is 297 g/mol. The van der Waals surface area contributed by atoms with E-state index < -0.39 is 0 Å². The summed E-state index contributed by atoms with van der Waals surface area (Å²) in [6.45, 7) is 10.6. The second-order valence-corrected chi connectivity index (χ2v) is 7.32. The molecule has 0 aromatic carbocycles. The van der Waals surface area contributed by atoms with Gasteiger partial charge in [-0.15, -0.1) is 0 Å². The third-order valence-electron chi connectivity index (χ3n) is 5.29. The molecule has 4 atom stereocenters. The number of likely N-dealkylation sites (N-methyl/N-ethyl adjacent to an activating group) is 2. The van der Waals surface area contributed by atoms with Gasteiger partial charge in [0, 0.05) is 25.2 Å². The van der Waals surface area contributed by atoms with Crippen LogP contribution in [-0.2, 0) is 0 Å². The van der Waals surface area contributed by atoms with Gasteiger partial charge in [0.25, 0.3) is 0 Å². The molecule has 0 saturated heterocycles. The molecule has 0 bridgehead atoms. The van der Waals surface area contributed by atoms with Crippen LogP contribution in [0.3, 0.4) is 0 Å². The summed E-state index contributed by atoms with van der Waals surface area (Å²) in [4.78, 5) is 4.99. The Kier molecular flexibility index (Phi) is 8.84. The maximum atomic E-state index is 3.59. The molecule has 1 aliphatic rings. The van der Waals surface area contributed by atoms with Crippen LogP contribution in [0.5, 0.6) is 0 Å². The van der Waals surface area contributed by atoms with E-state index in [0.29, 0.717) is 6.04 Å². The molecule has 0 amide bonds. The second kappa shape index (κ2) is 9.81. The van der Waals surface area contributed by atoms with Crippen LogP contribution < -0.4 is 5.32 Å². The number of nitrogens with zero attached hydrogens (tertiary/aromatic N) is 2. The molecule has 1 saturated carbocycles. The van der Waals surface area contributed by atoms with Crippen molar-refractivity contribution in [1.29, 1.82) is 0 Å². The molecular weight excluding hydrogens is 258 g/mol. The number of rotatable bonds is 9. The van der Waals surface area contributed by atoms with E-state index in [4.69, 9.17) is 0 Å². The Hall–Kier alpha value is -0.120. The van der Waals surface area contributed by atoms with Crippen molar-refractivity contribution in [1.82, 2.24) is 15.1 Å². The quantitative estimate of drug-likeness (QED) is 0.705. The van der Waals surface area contributed by atoms with Gasteiger partial charge in [0.15, 0.2) is 0 Å². The molecule has 21 heavy (non-hydrogen) atoms. The van der Waals surface area contributed by atoms with E-state index >= 15 is 0 Å². The van der Waals surface area contributed by atoms with E-state index in [1.54, 1.807) is 0 Å². The van der Waals surface area contributed by atoms with Gasteiger partial charge in [-0.05, 0) is 65.7 Å². The van der Waals surface area contributed by atoms with E-state index in [1.165, 1.54) is 45.2 Å². The van der Waals surface area contributed by atoms with Crippen molar-refractivity contribution in [2.24, 2.45) is 11.8 Å². The van der Waals surface area contributed by atoms with E-state index in [2.05, 4.69) is 57.0 Å². The highest BCUT2D eigenvalue weighted by molar-refractivity contribution is 4.87. The van der Waals surface area contributed by atoms with Crippen molar-refractivity contribution in [3.63, 3.8) is 0 Å². The molecule has 0 aromatic heterocycles. The lowest BCUT2D eigenvalue weighted by Gasteiger charge is -2.40. The number of hydrogen-bond acceptors (Lipinski definition) is 3. The van der Waals surface area contributed by atoms with Crippen LogP contribution in [0, 0.1) is 11.8 Å². The summed E-state index contributed by atoms with van der Waals surface area (Å²) in [7, 11) is 6.51. The standard InChI is InChI=1S/C18H39N3/c1-7-9-16-10-11-18(19-4)17(12-16)14-21(8-2)15(3)13-20(5)6/h15-19H,7-14H2,1-6H3. The van der Waals surface area contributed by atoms with Crippen LogP contribution in [0.4, 0.5) is 0 Å². The predicted octanol–water partition coefficient (Wildman–Crippen LogP) is 3.06. The summed E-state index contributed by atoms with van der Waals surface area (Å²) >= 11 is 0. The van der Waals surface area contributed by atoms with Gasteiger partial charge in [-0.3, -0.25) is 4.90 Å². The normalized spacial score (nSPS) is 28.3. The van der Waals surface area contributed by atoms with Crippen molar-refractivity contribution in [2.45, 2.75) is 65.0 Å². The van der Waals surface area contributed by atoms with Gasteiger partial charge in [-0.25, -0.2) is 0 Å². The Labute approximate surface area is 133 Å². The summed E-state index contributed by atoms with van der Waals surface area (Å²) in [6, 6.07) is 1.37. The SMILES string of the molecule is CCCC1CCC(NC)C(CN(CC)C(C)CN(C)C)C1. The Morgan fingerprint density at radius 2 is 1.90 bits per heavy atom. The molecule has 0 heterocycles. The fourth-order valence-corrected chi connectivity index (χ4v) is 4.18. The summed E-state index contributed by atoms with van der Waals surface area (Å²) in [5, 5.41) is 3.59. The van der Waals surface area contributed by atoms with Gasteiger partial charge in [0.2, 0.25) is 0 Å². The zero-order chi connectivity index (χ0) is 15.8. The molecule has 1 rings (SSSR count). The summed E-state index contributed by atoms with van der Waals surface area (Å²) < 4.78 is 0. The summed E-state index contributed by atoms with van der Waals surface area (Å²) in [5.41, 5.74) is 0. The van der Waals surface area contributed by atoms with Crippen LogP contribution in [0.2, 0.25) is 0 Å². The van der Waals surface area contributed by atoms with Gasteiger partial charge in [-0.1, -0.05) is 26.7 Å². The molecular formula is C18H39N3. The molecule has 0 aromatic rings. The highest BCUT2D eigenvalue weighted by Gasteiger charge is 2.31. The Morgan fingerprint density at radius 1 is 1.19 bits per heavy atom. The molecule has 0 spiro atoms. The first kappa shape index (κ1) is 18.9. The van der Waals surface area contributed by atoms with E-state index in [1.807, 2.05) is 0 Å². The largest absolute Gasteiger partial charge is 0.317 e. The van der Waals surface area contributed by atoms with Gasteiger partial charge in [0.1, 0.15) is 0 Å². The molecule has 1 fully saturated rings. The molecule has 0 aliphatic heterocycles. The topological polar surface area (TPSA) is 18.5 Å². The van der Waals surface area contributed by atoms with Gasteiger partial charge in [-0.2, -0.15) is 0 Å². The zero-order valence-corrected chi connectivity index (χ0v) is 15.4. The van der Waals surface area contributed by atoms with Crippen molar-refractivity contribution < 1.29 is 0 Å². The Morgan fingerprint density at radius 3 is 2.43 bits per heavy atom. The fraction of sp³-hybridized carbons (Fsp3) is 1.00. The first-order valence-corrected chi connectivity index (χ1v) is 9.07. The van der Waals surface area contributed by atoms with Crippen LogP contribution >= 0.6 is 0 Å². The Bertz CT molecular complexity index is 267. The van der Waals surface area contributed by atoms with E-state index in [-0.39, 0.29) is 0 Å². The lowest BCUT2D eigenvalue weighted by Crippen LogP contribution is -2.48. The molecule has 1 N–H and O–H groups in total. The van der Waals surface area contributed by atoms with Crippen molar-refractivity contribution in [3.8, 4) is 0 Å². The molecule has 1 aliphatic carbocycles. The smallest absolute Gasteiger partial charge is 0.0194 e. The molecule has 0 radical (unpaired) electrons. The molecule has 4 unspecified atom stereocenters. The fourth-order valence-electron chi connectivity index (χ4n) is 4.18. The van der Waals surface area contributed by atoms with Crippen LogP contribution in [0.15, 0.2) is 0 Å². The number of hydrogen-bond donors (Lipinski definition) is 1. The first-order chi connectivity index (χ1) is 10.0. The van der Waals surface area contributed by atoms with Crippen molar-refractivity contribution in [3.05, 3.63) is 0 Å². The van der Waals surface area contributed by atoms with Crippen molar-refractivity contribution >= 4 is 0 Å². The minimum atomic E-state index is 0.647. The third kappa shape index (κ3) is 6.25. The highest BCUT2D eigenvalue weighted by atomic mass is 15.2. The maximum absolute atomic E-state index is 3.59. The van der Waals surface area contributed by atoms with Crippen LogP contribution in [-0.4, -0.2) is 62.7 Å². The predicted molar refractivity (Wildman–Crippen MR) is 93.8 cm³/mol. The maximum Gasteiger partial charge on any atom is 0.0194 e. The van der Waals surface area contributed by atoms with Gasteiger partial charge in [0.05, 0.1) is 0 Å². The van der Waals surface area contributed by atoms with E-state index in [9.17, 15) is 0 Å². The molecule has 3 heteroatoms. The van der Waals surface area contributed by atoms with Crippen LogP contribution in [0.25, 0.3) is 0 Å². The average Bonchev–Trinajstić information content (AvgIpc) is 2.44. The molecule has 126 valence electrons. The van der Waals surface area contributed by atoms with Gasteiger partial charge >= 0.3 is 0 Å². The average molecular weight is 298 g/mol. The summed E-state index contributed by atoms with van der Waals surface area (Å²) in [5.74, 6) is 1.79. The van der Waals surface area contributed by atoms with Crippen LogP contribution in [0.1, 0.15) is 52.9 Å². The Balaban J connectivity index is 2.60. The minimum Gasteiger partial charge on any atom is -0.317 e. The lowest BCUT2D eigenvalue weighted by molar-refractivity contribution is 0.107. The van der Waals surface area contributed by atoms with Gasteiger partial charge < -0.3 is 10.2 Å². The second-order valence-electron chi connectivity index (χ2n) is 7.32. The number of nitrogens with one attached hydrogen (secondary N) is 1. The molecule has 3 nitrogen and oxygen atoms in total. The zero-order valence-electron chi connectivity index (χ0n) is 15.4. The summed E-state index contributed by atoms with van der Waals surface area (Å²) in [6.07, 6.45) is 6.98. The minimum absolute atomic E-state index is 0.647. The third-order valence-corrected chi connectivity index (χ3v) is 5.29.